The van der Waals surface area contributed by atoms with Crippen molar-refractivity contribution in [1.82, 2.24) is 24.2 Å². The number of hydrogen-bond acceptors (Lipinski definition) is 7. The highest BCUT2D eigenvalue weighted by atomic mass is 32.2. The number of fused-ring (bicyclic) bond motifs is 1. The molecule has 1 atom stereocenters. The Morgan fingerprint density at radius 2 is 1.93 bits per heavy atom. The highest BCUT2D eigenvalue weighted by Gasteiger charge is 2.32. The molecule has 1 aromatic carbocycles. The first kappa shape index (κ1) is 29.3. The molecule has 0 saturated carbocycles. The van der Waals surface area contributed by atoms with Crippen LogP contribution in [0.4, 0.5) is 24.8 Å². The van der Waals surface area contributed by atoms with Crippen LogP contribution in [-0.4, -0.2) is 65.5 Å². The zero-order valence-electron chi connectivity index (χ0n) is 22.0. The van der Waals surface area contributed by atoms with E-state index in [-0.39, 0.29) is 42.6 Å². The molecule has 1 fully saturated rings. The van der Waals surface area contributed by atoms with Gasteiger partial charge in [-0.3, -0.25) is 18.9 Å². The molecule has 1 aliphatic rings. The normalized spacial score (nSPS) is 15.9. The number of amides is 1. The number of carbonyl (C=O) groups excluding carboxylic acids is 1. The maximum Gasteiger partial charge on any atom is 0.301 e. The van der Waals surface area contributed by atoms with Gasteiger partial charge in [0.25, 0.3) is 5.56 Å². The second-order valence-electron chi connectivity index (χ2n) is 9.50. The SMILES string of the molecule is CC(=O)NCCCCCNc1ncc2cc(-c3c(F)ccc(NS(=O)(=O)N4CC[C@@H](F)C4)c3F)c(=O)n(C)c2n1. The Labute approximate surface area is 229 Å². The number of alkyl halides is 1. The third-order valence-corrected chi connectivity index (χ3v) is 7.98. The fraction of sp³-hybridized carbons (Fsp3) is 0.440. The summed E-state index contributed by atoms with van der Waals surface area (Å²) in [4.78, 5) is 32.6. The zero-order chi connectivity index (χ0) is 29.0. The molecule has 1 saturated heterocycles. The van der Waals surface area contributed by atoms with Gasteiger partial charge in [0.05, 0.1) is 16.8 Å². The Morgan fingerprint density at radius 1 is 1.18 bits per heavy atom. The maximum absolute atomic E-state index is 15.5. The van der Waals surface area contributed by atoms with E-state index in [0.717, 1.165) is 40.3 Å². The van der Waals surface area contributed by atoms with E-state index in [1.54, 1.807) is 0 Å². The quantitative estimate of drug-likeness (QED) is 0.296. The van der Waals surface area contributed by atoms with Crippen molar-refractivity contribution in [1.29, 1.82) is 0 Å². The Morgan fingerprint density at radius 3 is 2.62 bits per heavy atom. The average Bonchev–Trinajstić information content (AvgIpc) is 3.35. The summed E-state index contributed by atoms with van der Waals surface area (Å²) in [6.45, 7) is 2.17. The summed E-state index contributed by atoms with van der Waals surface area (Å²) >= 11 is 0. The largest absolute Gasteiger partial charge is 0.356 e. The Kier molecular flexibility index (Phi) is 8.93. The number of aryl methyl sites for hydroxylation is 1. The van der Waals surface area contributed by atoms with E-state index in [2.05, 4.69) is 20.6 Å². The summed E-state index contributed by atoms with van der Waals surface area (Å²) in [7, 11) is -2.90. The van der Waals surface area contributed by atoms with Gasteiger partial charge in [0, 0.05) is 51.7 Å². The molecular weight excluding hydrogens is 551 g/mol. The van der Waals surface area contributed by atoms with Crippen LogP contribution in [0.3, 0.4) is 0 Å². The minimum absolute atomic E-state index is 0.0183. The molecule has 3 N–H and O–H groups in total. The highest BCUT2D eigenvalue weighted by Crippen LogP contribution is 2.31. The monoisotopic (exact) mass is 581 g/mol. The summed E-state index contributed by atoms with van der Waals surface area (Å²) in [5, 5.41) is 6.12. The molecule has 0 bridgehead atoms. The van der Waals surface area contributed by atoms with Gasteiger partial charge >= 0.3 is 10.2 Å². The number of pyridine rings is 1. The number of halogens is 3. The van der Waals surface area contributed by atoms with Crippen molar-refractivity contribution in [3.63, 3.8) is 0 Å². The van der Waals surface area contributed by atoms with Gasteiger partial charge in [-0.05, 0) is 43.9 Å². The standard InChI is InChI=1S/C25H30F3N7O4S/c1-15(36)29-9-4-3-5-10-30-25-31-13-16-12-18(24(37)34(2)23(16)32-25)21-19(27)6-7-20(22(21)28)33-40(38,39)35-11-8-17(26)14-35/h6-7,12-13,17,33H,3-5,8-11,14H2,1-2H3,(H,29,36)(H,30,31,32)/t17-/m1/s1. The first-order valence-corrected chi connectivity index (χ1v) is 14.2. The number of carbonyl (C=O) groups is 1. The van der Waals surface area contributed by atoms with Crippen molar-refractivity contribution in [2.24, 2.45) is 7.05 Å². The number of nitrogens with zero attached hydrogens (tertiary/aromatic N) is 4. The third kappa shape index (κ3) is 6.53. The lowest BCUT2D eigenvalue weighted by Gasteiger charge is -2.18. The van der Waals surface area contributed by atoms with E-state index in [4.69, 9.17) is 0 Å². The van der Waals surface area contributed by atoms with Crippen LogP contribution in [-0.2, 0) is 22.1 Å². The van der Waals surface area contributed by atoms with Gasteiger partial charge in [0.1, 0.15) is 17.6 Å². The topological polar surface area (TPSA) is 138 Å². The summed E-state index contributed by atoms with van der Waals surface area (Å²) < 4.78 is 73.1. The lowest BCUT2D eigenvalue weighted by atomic mass is 10.0. The van der Waals surface area contributed by atoms with E-state index < -0.39 is 44.8 Å². The first-order valence-electron chi connectivity index (χ1n) is 12.7. The van der Waals surface area contributed by atoms with E-state index >= 15 is 4.39 Å². The van der Waals surface area contributed by atoms with Crippen LogP contribution in [0, 0.1) is 11.6 Å². The molecule has 11 nitrogen and oxygen atoms in total. The van der Waals surface area contributed by atoms with Crippen molar-refractivity contribution >= 4 is 38.8 Å². The smallest absolute Gasteiger partial charge is 0.301 e. The highest BCUT2D eigenvalue weighted by molar-refractivity contribution is 7.90. The molecule has 0 unspecified atom stereocenters. The van der Waals surface area contributed by atoms with Crippen molar-refractivity contribution in [3.05, 3.63) is 46.4 Å². The van der Waals surface area contributed by atoms with Gasteiger partial charge in [-0.2, -0.15) is 17.7 Å². The fourth-order valence-corrected chi connectivity index (χ4v) is 5.66. The van der Waals surface area contributed by atoms with Gasteiger partial charge in [0.2, 0.25) is 11.9 Å². The molecule has 4 rings (SSSR count). The Hall–Kier alpha value is -3.72. The van der Waals surface area contributed by atoms with E-state index in [1.807, 2.05) is 4.72 Å². The van der Waals surface area contributed by atoms with Crippen molar-refractivity contribution in [2.75, 3.05) is 36.2 Å². The predicted molar refractivity (Wildman–Crippen MR) is 145 cm³/mol. The van der Waals surface area contributed by atoms with Crippen LogP contribution < -0.4 is 20.9 Å². The molecule has 1 amide bonds. The summed E-state index contributed by atoms with van der Waals surface area (Å²) in [6, 6.07) is 3.00. The number of benzene rings is 1. The van der Waals surface area contributed by atoms with Crippen LogP contribution in [0.25, 0.3) is 22.2 Å². The average molecular weight is 582 g/mol. The van der Waals surface area contributed by atoms with Gasteiger partial charge in [-0.1, -0.05) is 0 Å². The van der Waals surface area contributed by atoms with Crippen LogP contribution >= 0.6 is 0 Å². The molecule has 3 aromatic rings. The van der Waals surface area contributed by atoms with Crippen molar-refractivity contribution in [3.8, 4) is 11.1 Å². The van der Waals surface area contributed by atoms with Crippen molar-refractivity contribution in [2.45, 2.75) is 38.8 Å². The molecular formula is C25H30F3N7O4S. The zero-order valence-corrected chi connectivity index (χ0v) is 22.8. The van der Waals surface area contributed by atoms with Crippen LogP contribution in [0.2, 0.25) is 0 Å². The maximum atomic E-state index is 15.5. The van der Waals surface area contributed by atoms with Crippen LogP contribution in [0.15, 0.2) is 29.2 Å². The molecule has 1 aliphatic heterocycles. The van der Waals surface area contributed by atoms with Gasteiger partial charge in [0.15, 0.2) is 5.82 Å². The summed E-state index contributed by atoms with van der Waals surface area (Å²) in [6.07, 6.45) is 2.58. The van der Waals surface area contributed by atoms with Crippen LogP contribution in [0.1, 0.15) is 32.6 Å². The number of unbranched alkanes of at least 4 members (excludes halogenated alkanes) is 2. The predicted octanol–water partition coefficient (Wildman–Crippen LogP) is 2.69. The minimum Gasteiger partial charge on any atom is -0.356 e. The van der Waals surface area contributed by atoms with Crippen LogP contribution in [0.5, 0.6) is 0 Å². The molecule has 40 heavy (non-hydrogen) atoms. The fourth-order valence-electron chi connectivity index (χ4n) is 4.39. The van der Waals surface area contributed by atoms with Gasteiger partial charge < -0.3 is 10.6 Å². The lowest BCUT2D eigenvalue weighted by Crippen LogP contribution is -2.34. The third-order valence-electron chi connectivity index (χ3n) is 6.49. The molecule has 0 aliphatic carbocycles. The Balaban J connectivity index is 1.56. The Bertz CT molecular complexity index is 1580. The minimum atomic E-state index is -4.30. The number of hydrogen-bond donors (Lipinski definition) is 3. The second kappa shape index (κ2) is 12.2. The number of anilines is 2. The lowest BCUT2D eigenvalue weighted by molar-refractivity contribution is -0.118. The van der Waals surface area contributed by atoms with Crippen molar-refractivity contribution < 1.29 is 26.4 Å². The number of aromatic nitrogens is 3. The molecule has 2 aromatic heterocycles. The van der Waals surface area contributed by atoms with E-state index in [0.29, 0.717) is 18.5 Å². The first-order chi connectivity index (χ1) is 19.0. The molecule has 3 heterocycles. The number of rotatable bonds is 11. The van der Waals surface area contributed by atoms with Gasteiger partial charge in [-0.15, -0.1) is 0 Å². The summed E-state index contributed by atoms with van der Waals surface area (Å²) in [5.41, 5.74) is -2.17. The number of nitrogens with one attached hydrogen (secondary N) is 3. The second-order valence-corrected chi connectivity index (χ2v) is 11.2. The van der Waals surface area contributed by atoms with E-state index in [1.165, 1.54) is 26.2 Å². The van der Waals surface area contributed by atoms with E-state index in [9.17, 15) is 26.8 Å². The molecule has 0 radical (unpaired) electrons. The summed E-state index contributed by atoms with van der Waals surface area (Å²) in [5.74, 6) is -2.16. The molecule has 0 spiro atoms. The molecule has 15 heteroatoms. The molecule has 216 valence electrons. The van der Waals surface area contributed by atoms with Gasteiger partial charge in [-0.25, -0.2) is 18.2 Å².